The standard InChI is InChI=1S/C16H24F2N2O/c1-2-3-12(8-9-19)4-7-16(21)20-11-13-5-6-14(17)10-15(13)18/h5-6,10,12H,2-4,7-9,11,19H2,1H3,(H,20,21). The molecule has 0 bridgehead atoms. The maximum Gasteiger partial charge on any atom is 0.220 e. The van der Waals surface area contributed by atoms with Crippen LogP contribution in [0.5, 0.6) is 0 Å². The molecule has 0 fully saturated rings. The Bertz CT molecular complexity index is 446. The van der Waals surface area contributed by atoms with Crippen molar-refractivity contribution >= 4 is 5.91 Å². The van der Waals surface area contributed by atoms with Crippen molar-refractivity contribution in [3.05, 3.63) is 35.4 Å². The first kappa shape index (κ1) is 17.6. The van der Waals surface area contributed by atoms with Crippen LogP contribution in [-0.4, -0.2) is 12.5 Å². The van der Waals surface area contributed by atoms with E-state index >= 15 is 0 Å². The number of halogens is 2. The Hall–Kier alpha value is -1.49. The second kappa shape index (κ2) is 9.45. The van der Waals surface area contributed by atoms with Crippen LogP contribution in [0, 0.1) is 17.6 Å². The average Bonchev–Trinajstić information content (AvgIpc) is 2.44. The van der Waals surface area contributed by atoms with Gasteiger partial charge in [0, 0.05) is 24.6 Å². The number of benzene rings is 1. The molecule has 1 aromatic carbocycles. The van der Waals surface area contributed by atoms with Gasteiger partial charge in [0.05, 0.1) is 0 Å². The number of nitrogens with one attached hydrogen (secondary N) is 1. The summed E-state index contributed by atoms with van der Waals surface area (Å²) in [6.07, 6.45) is 4.27. The number of carbonyl (C=O) groups is 1. The van der Waals surface area contributed by atoms with Gasteiger partial charge in [0.15, 0.2) is 0 Å². The molecule has 0 aromatic heterocycles. The predicted molar refractivity (Wildman–Crippen MR) is 79.5 cm³/mol. The van der Waals surface area contributed by atoms with Crippen LogP contribution >= 0.6 is 0 Å². The molecule has 0 spiro atoms. The zero-order valence-electron chi connectivity index (χ0n) is 12.5. The number of carbonyl (C=O) groups excluding carboxylic acids is 1. The first-order chi connectivity index (χ1) is 10.1. The normalized spacial score (nSPS) is 12.2. The second-order valence-electron chi connectivity index (χ2n) is 5.28. The molecule has 0 saturated heterocycles. The van der Waals surface area contributed by atoms with Crippen molar-refractivity contribution in [1.82, 2.24) is 5.32 Å². The van der Waals surface area contributed by atoms with Crippen molar-refractivity contribution in [2.45, 2.75) is 45.6 Å². The van der Waals surface area contributed by atoms with Gasteiger partial charge in [-0.05, 0) is 31.4 Å². The molecular weight excluding hydrogens is 274 g/mol. The molecule has 3 N–H and O–H groups in total. The fourth-order valence-electron chi connectivity index (χ4n) is 2.36. The summed E-state index contributed by atoms with van der Waals surface area (Å²) in [5, 5.41) is 2.67. The summed E-state index contributed by atoms with van der Waals surface area (Å²) in [5.41, 5.74) is 5.85. The quantitative estimate of drug-likeness (QED) is 0.736. The van der Waals surface area contributed by atoms with Crippen LogP contribution in [-0.2, 0) is 11.3 Å². The second-order valence-corrected chi connectivity index (χ2v) is 5.28. The zero-order chi connectivity index (χ0) is 15.7. The van der Waals surface area contributed by atoms with Gasteiger partial charge in [-0.25, -0.2) is 8.78 Å². The molecule has 0 aliphatic carbocycles. The highest BCUT2D eigenvalue weighted by atomic mass is 19.1. The number of hydrogen-bond acceptors (Lipinski definition) is 2. The van der Waals surface area contributed by atoms with Gasteiger partial charge in [-0.15, -0.1) is 0 Å². The summed E-state index contributed by atoms with van der Waals surface area (Å²) in [6, 6.07) is 3.35. The third kappa shape index (κ3) is 6.67. The topological polar surface area (TPSA) is 55.1 Å². The van der Waals surface area contributed by atoms with E-state index in [2.05, 4.69) is 12.2 Å². The van der Waals surface area contributed by atoms with E-state index in [-0.39, 0.29) is 18.0 Å². The van der Waals surface area contributed by atoms with E-state index in [0.717, 1.165) is 31.7 Å². The lowest BCUT2D eigenvalue weighted by Crippen LogP contribution is -2.24. The SMILES string of the molecule is CCCC(CCN)CCC(=O)NCc1ccc(F)cc1F. The minimum atomic E-state index is -0.637. The molecule has 0 heterocycles. The van der Waals surface area contributed by atoms with E-state index in [1.54, 1.807) is 0 Å². The van der Waals surface area contributed by atoms with Crippen molar-refractivity contribution in [1.29, 1.82) is 0 Å². The van der Waals surface area contributed by atoms with Crippen LogP contribution < -0.4 is 11.1 Å². The van der Waals surface area contributed by atoms with E-state index < -0.39 is 11.6 Å². The number of hydrogen-bond donors (Lipinski definition) is 2. The third-order valence-electron chi connectivity index (χ3n) is 3.54. The van der Waals surface area contributed by atoms with Crippen LogP contribution in [0.15, 0.2) is 18.2 Å². The molecule has 1 rings (SSSR count). The third-order valence-corrected chi connectivity index (χ3v) is 3.54. The first-order valence-corrected chi connectivity index (χ1v) is 7.47. The lowest BCUT2D eigenvalue weighted by molar-refractivity contribution is -0.121. The fraction of sp³-hybridized carbons (Fsp3) is 0.562. The fourth-order valence-corrected chi connectivity index (χ4v) is 2.36. The molecule has 118 valence electrons. The Morgan fingerprint density at radius 2 is 2.05 bits per heavy atom. The van der Waals surface area contributed by atoms with Crippen LogP contribution in [0.3, 0.4) is 0 Å². The number of rotatable bonds is 9. The lowest BCUT2D eigenvalue weighted by Gasteiger charge is -2.14. The number of amides is 1. The highest BCUT2D eigenvalue weighted by Gasteiger charge is 2.11. The van der Waals surface area contributed by atoms with Crippen LogP contribution in [0.1, 0.15) is 44.6 Å². The molecule has 0 radical (unpaired) electrons. The molecule has 0 saturated carbocycles. The Kier molecular flexibility index (Phi) is 7.90. The van der Waals surface area contributed by atoms with E-state index in [4.69, 9.17) is 5.73 Å². The molecule has 0 aliphatic heterocycles. The molecular formula is C16H24F2N2O. The molecule has 1 atom stereocenters. The minimum Gasteiger partial charge on any atom is -0.352 e. The van der Waals surface area contributed by atoms with Crippen molar-refractivity contribution in [2.24, 2.45) is 11.7 Å². The van der Waals surface area contributed by atoms with E-state index in [9.17, 15) is 13.6 Å². The van der Waals surface area contributed by atoms with Gasteiger partial charge in [-0.3, -0.25) is 4.79 Å². The predicted octanol–water partition coefficient (Wildman–Crippen LogP) is 3.13. The summed E-state index contributed by atoms with van der Waals surface area (Å²) in [4.78, 5) is 11.8. The van der Waals surface area contributed by atoms with Gasteiger partial charge in [-0.2, -0.15) is 0 Å². The Morgan fingerprint density at radius 3 is 2.67 bits per heavy atom. The van der Waals surface area contributed by atoms with Gasteiger partial charge in [0.2, 0.25) is 5.91 Å². The van der Waals surface area contributed by atoms with Crippen LogP contribution in [0.25, 0.3) is 0 Å². The average molecular weight is 298 g/mol. The minimum absolute atomic E-state index is 0.0836. The maximum absolute atomic E-state index is 13.4. The zero-order valence-corrected chi connectivity index (χ0v) is 12.5. The van der Waals surface area contributed by atoms with Gasteiger partial charge in [-0.1, -0.05) is 25.8 Å². The summed E-state index contributed by atoms with van der Waals surface area (Å²) >= 11 is 0. The van der Waals surface area contributed by atoms with Crippen molar-refractivity contribution < 1.29 is 13.6 Å². The molecule has 1 amide bonds. The summed E-state index contributed by atoms with van der Waals surface area (Å²) in [7, 11) is 0. The van der Waals surface area contributed by atoms with E-state index in [1.165, 1.54) is 12.1 Å². The smallest absolute Gasteiger partial charge is 0.220 e. The Labute approximate surface area is 124 Å². The lowest BCUT2D eigenvalue weighted by atomic mass is 9.94. The molecule has 21 heavy (non-hydrogen) atoms. The number of nitrogens with two attached hydrogens (primary N) is 1. The van der Waals surface area contributed by atoms with Gasteiger partial charge in [0.1, 0.15) is 11.6 Å². The summed E-state index contributed by atoms with van der Waals surface area (Å²) < 4.78 is 26.2. The van der Waals surface area contributed by atoms with Crippen molar-refractivity contribution in [3.63, 3.8) is 0 Å². The highest BCUT2D eigenvalue weighted by Crippen LogP contribution is 2.17. The van der Waals surface area contributed by atoms with Crippen LogP contribution in [0.2, 0.25) is 0 Å². The molecule has 3 nitrogen and oxygen atoms in total. The van der Waals surface area contributed by atoms with E-state index in [0.29, 0.717) is 18.9 Å². The Morgan fingerprint density at radius 1 is 1.29 bits per heavy atom. The monoisotopic (exact) mass is 298 g/mol. The van der Waals surface area contributed by atoms with Crippen molar-refractivity contribution in [2.75, 3.05) is 6.54 Å². The molecule has 5 heteroatoms. The highest BCUT2D eigenvalue weighted by molar-refractivity contribution is 5.75. The van der Waals surface area contributed by atoms with Crippen LogP contribution in [0.4, 0.5) is 8.78 Å². The summed E-state index contributed by atoms with van der Waals surface area (Å²) in [6.45, 7) is 2.83. The first-order valence-electron chi connectivity index (χ1n) is 7.47. The van der Waals surface area contributed by atoms with Gasteiger partial charge in [0.25, 0.3) is 0 Å². The van der Waals surface area contributed by atoms with E-state index in [1.807, 2.05) is 0 Å². The van der Waals surface area contributed by atoms with Gasteiger partial charge >= 0.3 is 0 Å². The Balaban J connectivity index is 2.36. The molecule has 0 aliphatic rings. The largest absolute Gasteiger partial charge is 0.352 e. The van der Waals surface area contributed by atoms with Gasteiger partial charge < -0.3 is 11.1 Å². The maximum atomic E-state index is 13.4. The van der Waals surface area contributed by atoms with Crippen molar-refractivity contribution in [3.8, 4) is 0 Å². The molecule has 1 unspecified atom stereocenters. The summed E-state index contributed by atoms with van der Waals surface area (Å²) in [5.74, 6) is -0.904. The molecule has 1 aromatic rings.